The Bertz CT molecular complexity index is 345. The molecule has 1 atom stereocenters. The second-order valence-electron chi connectivity index (χ2n) is 3.13. The predicted molar refractivity (Wildman–Crippen MR) is 60.0 cm³/mol. The molecule has 0 N–H and O–H groups in total. The monoisotopic (exact) mass is 253 g/mol. The molecule has 0 spiro atoms. The molecule has 1 rings (SSSR count). The lowest BCUT2D eigenvalue weighted by atomic mass is 10.2. The number of rotatable bonds is 3. The number of nitriles is 1. The summed E-state index contributed by atoms with van der Waals surface area (Å²) in [4.78, 5) is 6.24. The van der Waals surface area contributed by atoms with Gasteiger partial charge < -0.3 is 4.90 Å². The van der Waals surface area contributed by atoms with Gasteiger partial charge in [-0.2, -0.15) is 5.26 Å². The van der Waals surface area contributed by atoms with Crippen molar-refractivity contribution >= 4 is 21.7 Å². The lowest BCUT2D eigenvalue weighted by molar-refractivity contribution is 0.692. The molecule has 0 aliphatic heterocycles. The van der Waals surface area contributed by atoms with Crippen molar-refractivity contribution in [2.24, 2.45) is 0 Å². The highest BCUT2D eigenvalue weighted by Crippen LogP contribution is 2.23. The summed E-state index contributed by atoms with van der Waals surface area (Å²) in [6.07, 6.45) is 2.25. The van der Waals surface area contributed by atoms with Crippen LogP contribution in [0.5, 0.6) is 0 Å². The number of anilines is 1. The number of hydrogen-bond donors (Lipinski definition) is 0. The molecule has 0 saturated heterocycles. The lowest BCUT2D eigenvalue weighted by Gasteiger charge is -2.24. The minimum atomic E-state index is 0.172. The second-order valence-corrected chi connectivity index (χ2v) is 3.99. The van der Waals surface area contributed by atoms with Crippen molar-refractivity contribution in [1.82, 2.24) is 4.98 Å². The van der Waals surface area contributed by atoms with Crippen LogP contribution in [0.15, 0.2) is 22.8 Å². The van der Waals surface area contributed by atoms with E-state index in [0.29, 0.717) is 6.42 Å². The third kappa shape index (κ3) is 2.46. The van der Waals surface area contributed by atoms with Gasteiger partial charge >= 0.3 is 0 Å². The molecule has 1 unspecified atom stereocenters. The van der Waals surface area contributed by atoms with Crippen molar-refractivity contribution in [3.8, 4) is 6.07 Å². The van der Waals surface area contributed by atoms with Crippen LogP contribution in [0.1, 0.15) is 13.3 Å². The van der Waals surface area contributed by atoms with Gasteiger partial charge in [0.05, 0.1) is 17.0 Å². The molecule has 0 fully saturated rings. The van der Waals surface area contributed by atoms with Crippen LogP contribution < -0.4 is 4.90 Å². The molecule has 0 aliphatic carbocycles. The average Bonchev–Trinajstić information content (AvgIpc) is 2.18. The van der Waals surface area contributed by atoms with Crippen molar-refractivity contribution in [2.75, 3.05) is 11.9 Å². The zero-order valence-electron chi connectivity index (χ0n) is 8.24. The molecule has 0 aromatic carbocycles. The summed E-state index contributed by atoms with van der Waals surface area (Å²) in [6.45, 7) is 2.00. The fraction of sp³-hybridized carbons (Fsp3) is 0.400. The minimum Gasteiger partial charge on any atom is -0.355 e. The SMILES string of the molecule is CC(CC#N)N(C)c1ncccc1Br. The highest BCUT2D eigenvalue weighted by Gasteiger charge is 2.12. The van der Waals surface area contributed by atoms with Gasteiger partial charge in [-0.25, -0.2) is 4.98 Å². The maximum absolute atomic E-state index is 8.59. The van der Waals surface area contributed by atoms with Crippen LogP contribution in [0, 0.1) is 11.3 Å². The fourth-order valence-electron chi connectivity index (χ4n) is 1.11. The van der Waals surface area contributed by atoms with Gasteiger partial charge in [0.1, 0.15) is 5.82 Å². The van der Waals surface area contributed by atoms with Crippen LogP contribution in [0.2, 0.25) is 0 Å². The lowest BCUT2D eigenvalue weighted by Crippen LogP contribution is -2.29. The molecule has 0 radical (unpaired) electrons. The van der Waals surface area contributed by atoms with Crippen LogP contribution in [-0.2, 0) is 0 Å². The Labute approximate surface area is 92.5 Å². The summed E-state index contributed by atoms with van der Waals surface area (Å²) in [5.41, 5.74) is 0. The Morgan fingerprint density at radius 3 is 3.00 bits per heavy atom. The van der Waals surface area contributed by atoms with E-state index in [-0.39, 0.29) is 6.04 Å². The van der Waals surface area contributed by atoms with Gasteiger partial charge in [-0.3, -0.25) is 0 Å². The number of pyridine rings is 1. The minimum absolute atomic E-state index is 0.172. The predicted octanol–water partition coefficient (Wildman–Crippen LogP) is 2.58. The Kier molecular flexibility index (Phi) is 3.90. The maximum Gasteiger partial charge on any atom is 0.142 e. The van der Waals surface area contributed by atoms with Crippen molar-refractivity contribution in [3.05, 3.63) is 22.8 Å². The number of hydrogen-bond acceptors (Lipinski definition) is 3. The maximum atomic E-state index is 8.59. The molecule has 4 heteroatoms. The average molecular weight is 254 g/mol. The first-order valence-corrected chi connectivity index (χ1v) is 5.16. The van der Waals surface area contributed by atoms with Gasteiger partial charge in [0.25, 0.3) is 0 Å². The summed E-state index contributed by atoms with van der Waals surface area (Å²) >= 11 is 3.43. The van der Waals surface area contributed by atoms with E-state index >= 15 is 0 Å². The first-order chi connectivity index (χ1) is 6.66. The number of aromatic nitrogens is 1. The highest BCUT2D eigenvalue weighted by molar-refractivity contribution is 9.10. The molecule has 14 heavy (non-hydrogen) atoms. The molecular weight excluding hydrogens is 242 g/mol. The van der Waals surface area contributed by atoms with Crippen LogP contribution in [0.25, 0.3) is 0 Å². The van der Waals surface area contributed by atoms with Crippen LogP contribution in [0.4, 0.5) is 5.82 Å². The second kappa shape index (κ2) is 4.97. The van der Waals surface area contributed by atoms with E-state index in [9.17, 15) is 0 Å². The van der Waals surface area contributed by atoms with Crippen molar-refractivity contribution < 1.29 is 0 Å². The fourth-order valence-corrected chi connectivity index (χ4v) is 1.65. The molecular formula is C10H12BrN3. The number of nitrogens with zero attached hydrogens (tertiary/aromatic N) is 3. The van der Waals surface area contributed by atoms with Crippen molar-refractivity contribution in [1.29, 1.82) is 5.26 Å². The van der Waals surface area contributed by atoms with Crippen LogP contribution >= 0.6 is 15.9 Å². The topological polar surface area (TPSA) is 39.9 Å². The van der Waals surface area contributed by atoms with Crippen LogP contribution in [0.3, 0.4) is 0 Å². The van der Waals surface area contributed by atoms with Crippen LogP contribution in [-0.4, -0.2) is 18.1 Å². The van der Waals surface area contributed by atoms with E-state index < -0.39 is 0 Å². The van der Waals surface area contributed by atoms with Gasteiger partial charge in [0.2, 0.25) is 0 Å². The zero-order valence-corrected chi connectivity index (χ0v) is 9.82. The smallest absolute Gasteiger partial charge is 0.142 e. The Hall–Kier alpha value is -1.08. The summed E-state index contributed by atoms with van der Waals surface area (Å²) in [5.74, 6) is 0.871. The summed E-state index contributed by atoms with van der Waals surface area (Å²) in [6, 6.07) is 6.14. The van der Waals surface area contributed by atoms with Gasteiger partial charge in [0, 0.05) is 19.3 Å². The van der Waals surface area contributed by atoms with Gasteiger partial charge in [-0.15, -0.1) is 0 Å². The van der Waals surface area contributed by atoms with E-state index in [1.165, 1.54) is 0 Å². The normalized spacial score (nSPS) is 11.9. The summed E-state index contributed by atoms with van der Waals surface area (Å²) in [5, 5.41) is 8.59. The van der Waals surface area contributed by atoms with Gasteiger partial charge in [-0.05, 0) is 35.0 Å². The Balaban J connectivity index is 2.84. The molecule has 0 saturated carbocycles. The van der Waals surface area contributed by atoms with E-state index in [0.717, 1.165) is 10.3 Å². The first kappa shape index (κ1) is 11.0. The van der Waals surface area contributed by atoms with E-state index in [2.05, 4.69) is 27.0 Å². The quantitative estimate of drug-likeness (QED) is 0.832. The molecule has 0 aliphatic rings. The third-order valence-electron chi connectivity index (χ3n) is 2.12. The zero-order chi connectivity index (χ0) is 10.6. The van der Waals surface area contributed by atoms with Crippen molar-refractivity contribution in [3.63, 3.8) is 0 Å². The molecule has 1 aromatic rings. The molecule has 1 aromatic heterocycles. The standard InChI is InChI=1S/C10H12BrN3/c1-8(5-6-12)14(2)10-9(11)4-3-7-13-10/h3-4,7-8H,5H2,1-2H3. The first-order valence-electron chi connectivity index (χ1n) is 4.37. The molecule has 0 bridgehead atoms. The molecule has 0 amide bonds. The van der Waals surface area contributed by atoms with E-state index in [1.807, 2.05) is 31.0 Å². The third-order valence-corrected chi connectivity index (χ3v) is 2.74. The molecule has 3 nitrogen and oxygen atoms in total. The summed E-state index contributed by atoms with van der Waals surface area (Å²) in [7, 11) is 1.94. The van der Waals surface area contributed by atoms with E-state index in [4.69, 9.17) is 5.26 Å². The van der Waals surface area contributed by atoms with Gasteiger partial charge in [0.15, 0.2) is 0 Å². The molecule has 1 heterocycles. The highest BCUT2D eigenvalue weighted by atomic mass is 79.9. The molecule has 74 valence electrons. The Morgan fingerprint density at radius 2 is 2.43 bits per heavy atom. The van der Waals surface area contributed by atoms with Crippen molar-refractivity contribution in [2.45, 2.75) is 19.4 Å². The summed E-state index contributed by atoms with van der Waals surface area (Å²) < 4.78 is 0.951. The largest absolute Gasteiger partial charge is 0.355 e. The van der Waals surface area contributed by atoms with E-state index in [1.54, 1.807) is 6.20 Å². The Morgan fingerprint density at radius 1 is 1.71 bits per heavy atom. The number of halogens is 1. The van der Waals surface area contributed by atoms with Gasteiger partial charge in [-0.1, -0.05) is 0 Å².